The van der Waals surface area contributed by atoms with Crippen LogP contribution in [0.5, 0.6) is 0 Å². The number of aryl methyl sites for hydroxylation is 2. The Hall–Kier alpha value is -2.30. The SMILES string of the molecule is Cc1nn(C)cc1-n1c(C(C)(C)C)nc2cc(N)ccc21. The topological polar surface area (TPSA) is 61.7 Å². The first kappa shape index (κ1) is 13.7. The predicted octanol–water partition coefficient (Wildman–Crippen LogP) is 2.95. The zero-order chi connectivity index (χ0) is 15.4. The molecule has 0 saturated heterocycles. The highest BCUT2D eigenvalue weighted by Gasteiger charge is 2.25. The summed E-state index contributed by atoms with van der Waals surface area (Å²) in [5.74, 6) is 1.01. The average Bonchev–Trinajstić information content (AvgIpc) is 2.88. The van der Waals surface area contributed by atoms with Crippen LogP contribution in [0.1, 0.15) is 32.3 Å². The van der Waals surface area contributed by atoms with Gasteiger partial charge in [-0.3, -0.25) is 9.25 Å². The van der Waals surface area contributed by atoms with Crippen molar-refractivity contribution in [3.63, 3.8) is 0 Å². The fraction of sp³-hybridized carbons (Fsp3) is 0.375. The van der Waals surface area contributed by atoms with Gasteiger partial charge in [-0.2, -0.15) is 5.10 Å². The van der Waals surface area contributed by atoms with Gasteiger partial charge in [0.15, 0.2) is 0 Å². The Morgan fingerprint density at radius 1 is 1.19 bits per heavy atom. The van der Waals surface area contributed by atoms with Crippen LogP contribution < -0.4 is 5.73 Å². The van der Waals surface area contributed by atoms with Crippen LogP contribution in [0.3, 0.4) is 0 Å². The number of benzene rings is 1. The van der Waals surface area contributed by atoms with Gasteiger partial charge < -0.3 is 5.73 Å². The predicted molar refractivity (Wildman–Crippen MR) is 85.7 cm³/mol. The largest absolute Gasteiger partial charge is 0.399 e. The molecule has 5 nitrogen and oxygen atoms in total. The highest BCUT2D eigenvalue weighted by Crippen LogP contribution is 2.31. The van der Waals surface area contributed by atoms with Crippen molar-refractivity contribution in [1.29, 1.82) is 0 Å². The van der Waals surface area contributed by atoms with Crippen molar-refractivity contribution in [3.05, 3.63) is 35.9 Å². The van der Waals surface area contributed by atoms with E-state index in [0.717, 1.165) is 33.9 Å². The second-order valence-electron chi connectivity index (χ2n) is 6.54. The third-order valence-corrected chi connectivity index (χ3v) is 3.58. The number of hydrogen-bond donors (Lipinski definition) is 1. The maximum absolute atomic E-state index is 5.90. The number of rotatable bonds is 1. The minimum atomic E-state index is -0.0733. The van der Waals surface area contributed by atoms with E-state index < -0.39 is 0 Å². The van der Waals surface area contributed by atoms with Gasteiger partial charge in [0.1, 0.15) is 5.82 Å². The molecule has 0 bridgehead atoms. The first-order valence-corrected chi connectivity index (χ1v) is 7.06. The Morgan fingerprint density at radius 3 is 2.48 bits per heavy atom. The second kappa shape index (κ2) is 4.35. The molecule has 21 heavy (non-hydrogen) atoms. The number of hydrogen-bond acceptors (Lipinski definition) is 3. The Balaban J connectivity index is 2.41. The molecule has 1 aromatic carbocycles. The molecule has 0 aliphatic rings. The third-order valence-electron chi connectivity index (χ3n) is 3.58. The molecule has 2 N–H and O–H groups in total. The number of anilines is 1. The Bertz CT molecular complexity index is 817. The summed E-state index contributed by atoms with van der Waals surface area (Å²) < 4.78 is 4.03. The van der Waals surface area contributed by atoms with E-state index in [-0.39, 0.29) is 5.41 Å². The lowest BCUT2D eigenvalue weighted by molar-refractivity contribution is 0.539. The van der Waals surface area contributed by atoms with Gasteiger partial charge in [0.25, 0.3) is 0 Å². The van der Waals surface area contributed by atoms with E-state index in [2.05, 4.69) is 30.4 Å². The lowest BCUT2D eigenvalue weighted by atomic mass is 9.95. The van der Waals surface area contributed by atoms with Gasteiger partial charge >= 0.3 is 0 Å². The van der Waals surface area contributed by atoms with E-state index in [1.807, 2.05) is 43.0 Å². The van der Waals surface area contributed by atoms with E-state index in [4.69, 9.17) is 10.7 Å². The molecule has 3 rings (SSSR count). The molecule has 5 heteroatoms. The van der Waals surface area contributed by atoms with Crippen LogP contribution in [-0.2, 0) is 12.5 Å². The van der Waals surface area contributed by atoms with E-state index in [0.29, 0.717) is 0 Å². The lowest BCUT2D eigenvalue weighted by Gasteiger charge is -2.19. The maximum Gasteiger partial charge on any atom is 0.119 e. The molecule has 110 valence electrons. The second-order valence-corrected chi connectivity index (χ2v) is 6.54. The summed E-state index contributed by atoms with van der Waals surface area (Å²) in [5.41, 5.74) is 10.6. The molecule has 0 saturated carbocycles. The van der Waals surface area contributed by atoms with Crippen LogP contribution in [0.2, 0.25) is 0 Å². The molecule has 3 aromatic rings. The molecule has 2 heterocycles. The van der Waals surface area contributed by atoms with Gasteiger partial charge in [0.2, 0.25) is 0 Å². The summed E-state index contributed by atoms with van der Waals surface area (Å²) >= 11 is 0. The molecule has 0 fully saturated rings. The molecule has 0 radical (unpaired) electrons. The van der Waals surface area contributed by atoms with Crippen LogP contribution in [0.4, 0.5) is 5.69 Å². The normalized spacial score (nSPS) is 12.2. The Labute approximate surface area is 124 Å². The number of nitrogen functional groups attached to an aromatic ring is 1. The molecular weight excluding hydrogens is 262 g/mol. The van der Waals surface area contributed by atoms with Gasteiger partial charge in [-0.25, -0.2) is 4.98 Å². The number of fused-ring (bicyclic) bond motifs is 1. The zero-order valence-electron chi connectivity index (χ0n) is 13.2. The first-order chi connectivity index (χ1) is 9.77. The maximum atomic E-state index is 5.90. The van der Waals surface area contributed by atoms with Crippen LogP contribution in [0, 0.1) is 6.92 Å². The monoisotopic (exact) mass is 283 g/mol. The summed E-state index contributed by atoms with van der Waals surface area (Å²) in [6.45, 7) is 8.52. The van der Waals surface area contributed by atoms with Crippen LogP contribution in [0.15, 0.2) is 24.4 Å². The molecule has 0 spiro atoms. The number of aromatic nitrogens is 4. The summed E-state index contributed by atoms with van der Waals surface area (Å²) in [4.78, 5) is 4.82. The fourth-order valence-electron chi connectivity index (χ4n) is 2.65. The van der Waals surface area contributed by atoms with Crippen LogP contribution >= 0.6 is 0 Å². The van der Waals surface area contributed by atoms with Gasteiger partial charge in [0, 0.05) is 24.3 Å². The summed E-state index contributed by atoms with van der Waals surface area (Å²) in [6.07, 6.45) is 2.03. The molecule has 0 atom stereocenters. The highest BCUT2D eigenvalue weighted by molar-refractivity contribution is 5.82. The smallest absolute Gasteiger partial charge is 0.119 e. The lowest BCUT2D eigenvalue weighted by Crippen LogP contribution is -2.18. The quantitative estimate of drug-likeness (QED) is 0.698. The van der Waals surface area contributed by atoms with Gasteiger partial charge in [-0.1, -0.05) is 20.8 Å². The van der Waals surface area contributed by atoms with Gasteiger partial charge in [-0.05, 0) is 25.1 Å². The Morgan fingerprint density at radius 2 is 1.90 bits per heavy atom. The third kappa shape index (κ3) is 2.18. The molecule has 0 aliphatic carbocycles. The van der Waals surface area contributed by atoms with Gasteiger partial charge in [-0.15, -0.1) is 0 Å². The zero-order valence-corrected chi connectivity index (χ0v) is 13.2. The summed E-state index contributed by atoms with van der Waals surface area (Å²) in [6, 6.07) is 5.87. The molecule has 0 unspecified atom stereocenters. The van der Waals surface area contributed by atoms with Crippen molar-refractivity contribution in [3.8, 4) is 5.69 Å². The van der Waals surface area contributed by atoms with Crippen molar-refractivity contribution in [2.24, 2.45) is 7.05 Å². The van der Waals surface area contributed by atoms with Crippen molar-refractivity contribution >= 4 is 16.7 Å². The Kier molecular flexibility index (Phi) is 2.83. The number of nitrogens with zero attached hydrogens (tertiary/aromatic N) is 4. The van der Waals surface area contributed by atoms with E-state index >= 15 is 0 Å². The number of nitrogens with two attached hydrogens (primary N) is 1. The number of imidazole rings is 1. The fourth-order valence-corrected chi connectivity index (χ4v) is 2.65. The van der Waals surface area contributed by atoms with Gasteiger partial charge in [0.05, 0.1) is 22.4 Å². The highest BCUT2D eigenvalue weighted by atomic mass is 15.3. The summed E-state index contributed by atoms with van der Waals surface area (Å²) in [7, 11) is 1.93. The minimum absolute atomic E-state index is 0.0733. The van der Waals surface area contributed by atoms with Crippen LogP contribution in [0.25, 0.3) is 16.7 Å². The molecular formula is C16H21N5. The van der Waals surface area contributed by atoms with E-state index in [1.54, 1.807) is 0 Å². The van der Waals surface area contributed by atoms with Crippen molar-refractivity contribution < 1.29 is 0 Å². The van der Waals surface area contributed by atoms with E-state index in [9.17, 15) is 0 Å². The standard InChI is InChI=1S/C16H21N5/c1-10-14(9-20(5)19-10)21-13-7-6-11(17)8-12(13)18-15(21)16(2,3)4/h6-9H,17H2,1-5H3. The average molecular weight is 283 g/mol. The molecule has 2 aromatic heterocycles. The summed E-state index contributed by atoms with van der Waals surface area (Å²) in [5, 5.41) is 4.46. The van der Waals surface area contributed by atoms with E-state index in [1.165, 1.54) is 0 Å². The molecule has 0 aliphatic heterocycles. The van der Waals surface area contributed by atoms with Crippen molar-refractivity contribution in [2.45, 2.75) is 33.1 Å². The van der Waals surface area contributed by atoms with Crippen molar-refractivity contribution in [2.75, 3.05) is 5.73 Å². The minimum Gasteiger partial charge on any atom is -0.399 e. The van der Waals surface area contributed by atoms with Crippen LogP contribution in [-0.4, -0.2) is 19.3 Å². The molecule has 0 amide bonds. The first-order valence-electron chi connectivity index (χ1n) is 7.06. The van der Waals surface area contributed by atoms with Crippen molar-refractivity contribution in [1.82, 2.24) is 19.3 Å².